The second-order valence-electron chi connectivity index (χ2n) is 4.66. The van der Waals surface area contributed by atoms with E-state index >= 15 is 0 Å². The molecule has 0 spiro atoms. The highest BCUT2D eigenvalue weighted by Gasteiger charge is 2.41. The van der Waals surface area contributed by atoms with Crippen LogP contribution in [0.15, 0.2) is 30.3 Å². The molecule has 3 nitrogen and oxygen atoms in total. The van der Waals surface area contributed by atoms with E-state index in [4.69, 9.17) is 5.73 Å². The molecule has 1 heterocycles. The fourth-order valence-corrected chi connectivity index (χ4v) is 2.11. The van der Waals surface area contributed by atoms with E-state index in [0.29, 0.717) is 6.42 Å². The molecule has 0 aromatic heterocycles. The molecular weight excluding hydrogens is 238 g/mol. The zero-order chi connectivity index (χ0) is 13.2. The molecule has 2 N–H and O–H groups in total. The van der Waals surface area contributed by atoms with Gasteiger partial charge >= 0.3 is 0 Å². The monoisotopic (exact) mass is 254 g/mol. The van der Waals surface area contributed by atoms with Gasteiger partial charge in [0.05, 0.1) is 12.6 Å². The molecule has 1 atom stereocenters. The van der Waals surface area contributed by atoms with Crippen molar-refractivity contribution >= 4 is 5.91 Å². The number of alkyl halides is 2. The number of rotatable bonds is 3. The molecule has 0 saturated carbocycles. The Labute approximate surface area is 105 Å². The van der Waals surface area contributed by atoms with Gasteiger partial charge in [-0.2, -0.15) is 0 Å². The lowest BCUT2D eigenvalue weighted by Gasteiger charge is -2.20. The molecule has 0 aliphatic carbocycles. The first-order valence-corrected chi connectivity index (χ1v) is 5.94. The Morgan fingerprint density at radius 3 is 2.61 bits per heavy atom. The average Bonchev–Trinajstić information content (AvgIpc) is 2.70. The van der Waals surface area contributed by atoms with E-state index in [-0.39, 0.29) is 13.0 Å². The lowest BCUT2D eigenvalue weighted by molar-refractivity contribution is -0.133. The number of hydrogen-bond acceptors (Lipinski definition) is 2. The van der Waals surface area contributed by atoms with Crippen molar-refractivity contribution in [2.75, 3.05) is 13.1 Å². The van der Waals surface area contributed by atoms with Gasteiger partial charge in [0.25, 0.3) is 5.92 Å². The molecule has 1 aliphatic rings. The van der Waals surface area contributed by atoms with Crippen molar-refractivity contribution in [3.05, 3.63) is 35.9 Å². The number of nitrogens with two attached hydrogens (primary N) is 1. The summed E-state index contributed by atoms with van der Waals surface area (Å²) in [7, 11) is 0. The Hall–Kier alpha value is -1.49. The molecule has 2 rings (SSSR count). The van der Waals surface area contributed by atoms with Gasteiger partial charge < -0.3 is 10.6 Å². The average molecular weight is 254 g/mol. The Kier molecular flexibility index (Phi) is 3.61. The van der Waals surface area contributed by atoms with Crippen molar-refractivity contribution in [1.29, 1.82) is 0 Å². The van der Waals surface area contributed by atoms with Gasteiger partial charge in [0.15, 0.2) is 0 Å². The number of carbonyl (C=O) groups is 1. The van der Waals surface area contributed by atoms with Gasteiger partial charge in [-0.3, -0.25) is 4.79 Å². The lowest BCUT2D eigenvalue weighted by atomic mass is 10.1. The number of halogens is 2. The second-order valence-corrected chi connectivity index (χ2v) is 4.66. The topological polar surface area (TPSA) is 46.3 Å². The van der Waals surface area contributed by atoms with Crippen LogP contribution in [0.1, 0.15) is 12.0 Å². The van der Waals surface area contributed by atoms with Crippen molar-refractivity contribution < 1.29 is 13.6 Å². The first-order chi connectivity index (χ1) is 8.48. The molecule has 1 saturated heterocycles. The quantitative estimate of drug-likeness (QED) is 0.886. The molecule has 0 bridgehead atoms. The molecular formula is C13H16F2N2O. The molecule has 5 heteroatoms. The number of benzene rings is 1. The molecule has 1 aromatic rings. The maximum Gasteiger partial charge on any atom is 0.267 e. The zero-order valence-electron chi connectivity index (χ0n) is 9.98. The fraction of sp³-hybridized carbons (Fsp3) is 0.462. The van der Waals surface area contributed by atoms with Crippen LogP contribution in [-0.4, -0.2) is 35.9 Å². The summed E-state index contributed by atoms with van der Waals surface area (Å²) in [6.45, 7) is -0.414. The number of hydrogen-bond donors (Lipinski definition) is 1. The van der Waals surface area contributed by atoms with E-state index in [1.807, 2.05) is 30.3 Å². The zero-order valence-corrected chi connectivity index (χ0v) is 9.98. The minimum atomic E-state index is -2.76. The molecule has 1 fully saturated rings. The molecule has 0 radical (unpaired) electrons. The van der Waals surface area contributed by atoms with E-state index in [1.54, 1.807) is 0 Å². The third-order valence-corrected chi connectivity index (χ3v) is 3.10. The molecule has 1 amide bonds. The van der Waals surface area contributed by atoms with E-state index in [0.717, 1.165) is 10.5 Å². The largest absolute Gasteiger partial charge is 0.335 e. The normalized spacial score (nSPS) is 19.8. The fourth-order valence-electron chi connectivity index (χ4n) is 2.11. The predicted molar refractivity (Wildman–Crippen MR) is 64.3 cm³/mol. The highest BCUT2D eigenvalue weighted by atomic mass is 19.3. The van der Waals surface area contributed by atoms with E-state index in [2.05, 4.69) is 0 Å². The van der Waals surface area contributed by atoms with Crippen molar-refractivity contribution in [3.63, 3.8) is 0 Å². The lowest BCUT2D eigenvalue weighted by Crippen LogP contribution is -2.44. The first kappa shape index (κ1) is 13.0. The SMILES string of the molecule is N[C@@H](Cc1ccccc1)C(=O)N1CCC(F)(F)C1. The Bertz CT molecular complexity index is 422. The van der Waals surface area contributed by atoms with Crippen molar-refractivity contribution in [2.24, 2.45) is 5.73 Å². The van der Waals surface area contributed by atoms with E-state index < -0.39 is 24.4 Å². The standard InChI is InChI=1S/C13H16F2N2O/c14-13(15)6-7-17(9-13)12(18)11(16)8-10-4-2-1-3-5-10/h1-5,11H,6-9,16H2/t11-/m0/s1. The number of amides is 1. The Morgan fingerprint density at radius 1 is 1.39 bits per heavy atom. The molecule has 1 aliphatic heterocycles. The van der Waals surface area contributed by atoms with Crippen LogP contribution in [0.5, 0.6) is 0 Å². The van der Waals surface area contributed by atoms with Crippen molar-refractivity contribution in [2.45, 2.75) is 24.8 Å². The van der Waals surface area contributed by atoms with Gasteiger partial charge in [0.2, 0.25) is 5.91 Å². The second kappa shape index (κ2) is 5.02. The summed E-state index contributed by atoms with van der Waals surface area (Å²) < 4.78 is 26.0. The van der Waals surface area contributed by atoms with Crippen LogP contribution in [0.4, 0.5) is 8.78 Å². The van der Waals surface area contributed by atoms with Gasteiger partial charge in [-0.25, -0.2) is 8.78 Å². The van der Waals surface area contributed by atoms with Crippen molar-refractivity contribution in [3.8, 4) is 0 Å². The minimum absolute atomic E-state index is 0.0916. The Morgan fingerprint density at radius 2 is 2.06 bits per heavy atom. The van der Waals surface area contributed by atoms with Crippen LogP contribution in [-0.2, 0) is 11.2 Å². The third kappa shape index (κ3) is 3.04. The summed E-state index contributed by atoms with van der Waals surface area (Å²) in [5.74, 6) is -3.15. The van der Waals surface area contributed by atoms with Crippen LogP contribution in [0, 0.1) is 0 Å². The van der Waals surface area contributed by atoms with Crippen LogP contribution in [0.25, 0.3) is 0 Å². The summed E-state index contributed by atoms with van der Waals surface area (Å²) in [4.78, 5) is 13.1. The van der Waals surface area contributed by atoms with Crippen LogP contribution in [0.2, 0.25) is 0 Å². The van der Waals surface area contributed by atoms with Gasteiger partial charge in [0, 0.05) is 13.0 Å². The van der Waals surface area contributed by atoms with Gasteiger partial charge in [-0.15, -0.1) is 0 Å². The van der Waals surface area contributed by atoms with Gasteiger partial charge in [0.1, 0.15) is 0 Å². The summed E-state index contributed by atoms with van der Waals surface area (Å²) in [6, 6.07) is 8.57. The van der Waals surface area contributed by atoms with Crippen LogP contribution < -0.4 is 5.73 Å². The van der Waals surface area contributed by atoms with Crippen LogP contribution >= 0.6 is 0 Å². The summed E-state index contributed by atoms with van der Waals surface area (Å²) in [5, 5.41) is 0. The number of nitrogens with zero attached hydrogens (tertiary/aromatic N) is 1. The first-order valence-electron chi connectivity index (χ1n) is 5.94. The summed E-state index contributed by atoms with van der Waals surface area (Å²) in [5.41, 5.74) is 6.72. The predicted octanol–water partition coefficient (Wildman–Crippen LogP) is 1.42. The molecule has 18 heavy (non-hydrogen) atoms. The maximum absolute atomic E-state index is 13.0. The third-order valence-electron chi connectivity index (χ3n) is 3.10. The molecule has 98 valence electrons. The number of carbonyl (C=O) groups excluding carboxylic acids is 1. The molecule has 0 unspecified atom stereocenters. The molecule has 1 aromatic carbocycles. The van der Waals surface area contributed by atoms with E-state index in [1.165, 1.54) is 0 Å². The van der Waals surface area contributed by atoms with Crippen LogP contribution in [0.3, 0.4) is 0 Å². The summed E-state index contributed by atoms with van der Waals surface area (Å²) >= 11 is 0. The number of likely N-dealkylation sites (tertiary alicyclic amines) is 1. The highest BCUT2D eigenvalue weighted by molar-refractivity contribution is 5.82. The van der Waals surface area contributed by atoms with Crippen molar-refractivity contribution in [1.82, 2.24) is 4.90 Å². The maximum atomic E-state index is 13.0. The smallest absolute Gasteiger partial charge is 0.267 e. The van der Waals surface area contributed by atoms with Gasteiger partial charge in [-0.1, -0.05) is 30.3 Å². The highest BCUT2D eigenvalue weighted by Crippen LogP contribution is 2.27. The van der Waals surface area contributed by atoms with Gasteiger partial charge in [-0.05, 0) is 12.0 Å². The van der Waals surface area contributed by atoms with E-state index in [9.17, 15) is 13.6 Å². The summed E-state index contributed by atoms with van der Waals surface area (Å²) in [6.07, 6.45) is 0.110. The Balaban J connectivity index is 1.94. The minimum Gasteiger partial charge on any atom is -0.335 e.